The molecule has 1 heterocycles. The Bertz CT molecular complexity index is 3940. The van der Waals surface area contributed by atoms with Crippen LogP contribution in [0.3, 0.4) is 0 Å². The van der Waals surface area contributed by atoms with E-state index in [-0.39, 0.29) is 0 Å². The van der Waals surface area contributed by atoms with Gasteiger partial charge in [0.25, 0.3) is 0 Å². The number of fused-ring (bicyclic) bond motifs is 6. The van der Waals surface area contributed by atoms with Crippen LogP contribution in [0, 0.1) is 0 Å². The Balaban J connectivity index is 0.950. The molecule has 1 aromatic heterocycles. The molecular formula is C66H44N2. The first-order chi connectivity index (χ1) is 33.7. The maximum atomic E-state index is 2.42. The van der Waals surface area contributed by atoms with E-state index in [9.17, 15) is 0 Å². The predicted molar refractivity (Wildman–Crippen MR) is 290 cm³/mol. The summed E-state index contributed by atoms with van der Waals surface area (Å²) in [5, 5.41) is 9.94. The van der Waals surface area contributed by atoms with Crippen molar-refractivity contribution in [3.05, 3.63) is 267 Å². The fourth-order valence-corrected chi connectivity index (χ4v) is 10.6. The summed E-state index contributed by atoms with van der Waals surface area (Å²) in [6.45, 7) is 0. The van der Waals surface area contributed by atoms with Crippen molar-refractivity contribution in [1.82, 2.24) is 4.57 Å². The van der Waals surface area contributed by atoms with Gasteiger partial charge in [0.1, 0.15) is 0 Å². The lowest BCUT2D eigenvalue weighted by Gasteiger charge is -2.28. The van der Waals surface area contributed by atoms with E-state index in [0.29, 0.717) is 0 Å². The molecule has 0 bridgehead atoms. The SMILES string of the molecule is c1ccc(-c2c3ccccc3c(-c3ccc(N(c4ccc(-c5ccc6c(c5)c5ccccc5n6-c5ccccc5)cc4)c4ccccc4-c4ccc5ccccc5c4)cc3)c3ccccc23)cc1. The van der Waals surface area contributed by atoms with Gasteiger partial charge in [-0.2, -0.15) is 0 Å². The van der Waals surface area contributed by atoms with Crippen LogP contribution in [-0.4, -0.2) is 4.57 Å². The highest BCUT2D eigenvalue weighted by molar-refractivity contribution is 6.21. The third-order valence-corrected chi connectivity index (χ3v) is 13.8. The number of hydrogen-bond acceptors (Lipinski definition) is 1. The summed E-state index contributed by atoms with van der Waals surface area (Å²) >= 11 is 0. The summed E-state index contributed by atoms with van der Waals surface area (Å²) in [5.41, 5.74) is 16.5. The highest BCUT2D eigenvalue weighted by Crippen LogP contribution is 2.46. The molecule has 0 saturated heterocycles. The molecule has 0 fully saturated rings. The second-order valence-corrected chi connectivity index (χ2v) is 17.6. The number of rotatable bonds is 8. The fraction of sp³-hybridized carbons (Fsp3) is 0. The van der Waals surface area contributed by atoms with Gasteiger partial charge in [0.05, 0.1) is 16.7 Å². The number of aromatic nitrogens is 1. The van der Waals surface area contributed by atoms with Crippen molar-refractivity contribution in [1.29, 1.82) is 0 Å². The smallest absolute Gasteiger partial charge is 0.0541 e. The fourth-order valence-electron chi connectivity index (χ4n) is 10.6. The third-order valence-electron chi connectivity index (χ3n) is 13.8. The van der Waals surface area contributed by atoms with Crippen molar-refractivity contribution in [2.75, 3.05) is 4.90 Å². The summed E-state index contributed by atoms with van der Waals surface area (Å²) in [6, 6.07) is 97.4. The van der Waals surface area contributed by atoms with Gasteiger partial charge in [-0.1, -0.05) is 200 Å². The van der Waals surface area contributed by atoms with E-state index in [0.717, 1.165) is 22.7 Å². The maximum Gasteiger partial charge on any atom is 0.0541 e. The van der Waals surface area contributed by atoms with E-state index in [4.69, 9.17) is 0 Å². The van der Waals surface area contributed by atoms with Crippen LogP contribution < -0.4 is 4.90 Å². The number of benzene rings is 12. The lowest BCUT2D eigenvalue weighted by atomic mass is 9.86. The van der Waals surface area contributed by atoms with E-state index < -0.39 is 0 Å². The molecule has 0 spiro atoms. The van der Waals surface area contributed by atoms with Crippen LogP contribution in [0.2, 0.25) is 0 Å². The summed E-state index contributed by atoms with van der Waals surface area (Å²) in [4.78, 5) is 2.42. The average Bonchev–Trinajstić information content (AvgIpc) is 3.75. The van der Waals surface area contributed by atoms with E-state index in [1.54, 1.807) is 0 Å². The first-order valence-electron chi connectivity index (χ1n) is 23.4. The monoisotopic (exact) mass is 864 g/mol. The quantitative estimate of drug-likeness (QED) is 0.138. The van der Waals surface area contributed by atoms with Gasteiger partial charge >= 0.3 is 0 Å². The van der Waals surface area contributed by atoms with Gasteiger partial charge in [0.15, 0.2) is 0 Å². The zero-order valence-electron chi connectivity index (χ0n) is 37.3. The summed E-state index contributed by atoms with van der Waals surface area (Å²) in [7, 11) is 0. The van der Waals surface area contributed by atoms with Crippen LogP contribution in [-0.2, 0) is 0 Å². The van der Waals surface area contributed by atoms with E-state index >= 15 is 0 Å². The molecule has 0 aliphatic rings. The van der Waals surface area contributed by atoms with Gasteiger partial charge in [-0.3, -0.25) is 0 Å². The molecule has 0 radical (unpaired) electrons. The molecule has 0 unspecified atom stereocenters. The molecule has 2 heteroatoms. The van der Waals surface area contributed by atoms with Gasteiger partial charge < -0.3 is 9.47 Å². The first-order valence-corrected chi connectivity index (χ1v) is 23.4. The van der Waals surface area contributed by atoms with E-state index in [1.807, 2.05) is 0 Å². The third kappa shape index (κ3) is 6.65. The molecule has 0 amide bonds. The van der Waals surface area contributed by atoms with Crippen LogP contribution in [0.4, 0.5) is 17.1 Å². The topological polar surface area (TPSA) is 8.17 Å². The van der Waals surface area contributed by atoms with Crippen molar-refractivity contribution in [3.8, 4) is 50.2 Å². The molecular weight excluding hydrogens is 821 g/mol. The number of anilines is 3. The minimum atomic E-state index is 1.08. The van der Waals surface area contributed by atoms with Gasteiger partial charge in [-0.25, -0.2) is 0 Å². The zero-order valence-corrected chi connectivity index (χ0v) is 37.3. The lowest BCUT2D eigenvalue weighted by Crippen LogP contribution is -2.11. The van der Waals surface area contributed by atoms with Crippen molar-refractivity contribution >= 4 is 71.2 Å². The number of para-hydroxylation sites is 3. The lowest BCUT2D eigenvalue weighted by molar-refractivity contribution is 1.18. The second-order valence-electron chi connectivity index (χ2n) is 17.6. The molecule has 318 valence electrons. The Labute approximate surface area is 395 Å². The van der Waals surface area contributed by atoms with E-state index in [1.165, 1.54) is 98.6 Å². The molecule has 0 N–H and O–H groups in total. The summed E-state index contributed by atoms with van der Waals surface area (Å²) in [5.74, 6) is 0. The van der Waals surface area contributed by atoms with Crippen LogP contribution >= 0.6 is 0 Å². The van der Waals surface area contributed by atoms with Crippen molar-refractivity contribution in [2.24, 2.45) is 0 Å². The molecule has 2 nitrogen and oxygen atoms in total. The minimum Gasteiger partial charge on any atom is -0.310 e. The standard InChI is InChI=1S/C66H44N2/c1-3-18-47(19-4-1)65-57-25-9-11-27-59(57)66(60-28-12-10-26-58(60)65)48-35-40-54(41-36-48)67(62-29-15-13-23-55(62)51-32-31-45-17-7-8-20-49(45)43-51)53-38-33-46(34-39-53)50-37-42-64-61(44-50)56-24-14-16-30-63(56)68(64)52-21-5-2-6-22-52/h1-44H. The molecule has 0 aliphatic carbocycles. The Morgan fingerprint density at radius 3 is 1.40 bits per heavy atom. The Hall–Kier alpha value is -8.98. The molecule has 0 aliphatic heterocycles. The molecule has 13 rings (SSSR count). The number of hydrogen-bond donors (Lipinski definition) is 0. The average molecular weight is 865 g/mol. The molecule has 12 aromatic carbocycles. The zero-order chi connectivity index (χ0) is 45.0. The van der Waals surface area contributed by atoms with Crippen molar-refractivity contribution in [2.45, 2.75) is 0 Å². The maximum absolute atomic E-state index is 2.42. The minimum absolute atomic E-state index is 1.08. The largest absolute Gasteiger partial charge is 0.310 e. The Kier molecular flexibility index (Phi) is 9.54. The van der Waals surface area contributed by atoms with Crippen LogP contribution in [0.25, 0.3) is 104 Å². The van der Waals surface area contributed by atoms with Gasteiger partial charge in [-0.15, -0.1) is 0 Å². The predicted octanol–water partition coefficient (Wildman–Crippen LogP) is 18.4. The van der Waals surface area contributed by atoms with Crippen LogP contribution in [0.1, 0.15) is 0 Å². The van der Waals surface area contributed by atoms with Crippen molar-refractivity contribution in [3.63, 3.8) is 0 Å². The van der Waals surface area contributed by atoms with E-state index in [2.05, 4.69) is 276 Å². The number of nitrogens with zero attached hydrogens (tertiary/aromatic N) is 2. The molecule has 68 heavy (non-hydrogen) atoms. The Morgan fingerprint density at radius 2 is 0.735 bits per heavy atom. The van der Waals surface area contributed by atoms with Gasteiger partial charge in [0, 0.05) is 33.4 Å². The van der Waals surface area contributed by atoms with Gasteiger partial charge in [-0.05, 0) is 138 Å². The first kappa shape index (κ1) is 39.4. The molecule has 0 saturated carbocycles. The highest BCUT2D eigenvalue weighted by atomic mass is 15.1. The Morgan fingerprint density at radius 1 is 0.265 bits per heavy atom. The van der Waals surface area contributed by atoms with Gasteiger partial charge in [0.2, 0.25) is 0 Å². The highest BCUT2D eigenvalue weighted by Gasteiger charge is 2.21. The second kappa shape index (κ2) is 16.5. The van der Waals surface area contributed by atoms with Crippen LogP contribution in [0.15, 0.2) is 267 Å². The molecule has 13 aromatic rings. The molecule has 0 atom stereocenters. The summed E-state index contributed by atoms with van der Waals surface area (Å²) in [6.07, 6.45) is 0. The van der Waals surface area contributed by atoms with Crippen molar-refractivity contribution < 1.29 is 0 Å². The normalized spacial score (nSPS) is 11.5. The summed E-state index contributed by atoms with van der Waals surface area (Å²) < 4.78 is 2.37. The van der Waals surface area contributed by atoms with Crippen LogP contribution in [0.5, 0.6) is 0 Å².